The van der Waals surface area contributed by atoms with E-state index < -0.39 is 4.33 Å². The second kappa shape index (κ2) is 2.93. The lowest BCUT2D eigenvalue weighted by atomic mass is 10.2. The summed E-state index contributed by atoms with van der Waals surface area (Å²) in [5.41, 5.74) is 0. The molecule has 0 N–H and O–H groups in total. The van der Waals surface area contributed by atoms with E-state index in [2.05, 4.69) is 0 Å². The van der Waals surface area contributed by atoms with Gasteiger partial charge < -0.3 is 4.74 Å². The molecule has 0 aromatic carbocycles. The fourth-order valence-electron chi connectivity index (χ4n) is 1.53. The van der Waals surface area contributed by atoms with Gasteiger partial charge in [-0.25, -0.2) is 0 Å². The summed E-state index contributed by atoms with van der Waals surface area (Å²) < 4.78 is 4.31. The highest BCUT2D eigenvalue weighted by Crippen LogP contribution is 2.51. The van der Waals surface area contributed by atoms with Crippen molar-refractivity contribution in [2.75, 3.05) is 0 Å². The molecule has 0 aromatic heterocycles. The summed E-state index contributed by atoms with van der Waals surface area (Å²) in [6, 6.07) is 0. The van der Waals surface area contributed by atoms with Gasteiger partial charge in [-0.1, -0.05) is 46.4 Å². The van der Waals surface area contributed by atoms with Crippen LogP contribution in [0.4, 0.5) is 0 Å². The first-order valence-corrected chi connectivity index (χ1v) is 5.13. The van der Waals surface area contributed by atoms with Gasteiger partial charge >= 0.3 is 0 Å². The van der Waals surface area contributed by atoms with Crippen molar-refractivity contribution in [3.05, 3.63) is 10.1 Å². The average molecular weight is 248 g/mol. The zero-order chi connectivity index (χ0) is 8.93. The summed E-state index contributed by atoms with van der Waals surface area (Å²) in [4.78, 5) is 0. The van der Waals surface area contributed by atoms with Crippen LogP contribution < -0.4 is 0 Å². The monoisotopic (exact) mass is 246 g/mol. The van der Waals surface area contributed by atoms with Gasteiger partial charge in [0.2, 0.25) is 0 Å². The first-order valence-electron chi connectivity index (χ1n) is 3.62. The third kappa shape index (κ3) is 1.18. The molecule has 2 rings (SSSR count). The number of fused-ring (bicyclic) bond motifs is 2. The van der Waals surface area contributed by atoms with Crippen LogP contribution in [0.15, 0.2) is 10.1 Å². The average Bonchev–Trinajstić information content (AvgIpc) is 2.46. The largest absolute Gasteiger partial charge is 0.366 e. The van der Waals surface area contributed by atoms with Crippen molar-refractivity contribution in [1.29, 1.82) is 0 Å². The van der Waals surface area contributed by atoms with Crippen LogP contribution in [0.1, 0.15) is 12.8 Å². The molecule has 2 atom stereocenters. The van der Waals surface area contributed by atoms with Crippen molar-refractivity contribution in [2.24, 2.45) is 0 Å². The number of rotatable bonds is 0. The van der Waals surface area contributed by atoms with Crippen LogP contribution in [-0.4, -0.2) is 16.5 Å². The summed E-state index contributed by atoms with van der Waals surface area (Å²) in [5, 5.41) is 0.779. The van der Waals surface area contributed by atoms with E-state index in [-0.39, 0.29) is 12.2 Å². The fraction of sp³-hybridized carbons (Fsp3) is 0.714. The predicted octanol–water partition coefficient (Wildman–Crippen LogP) is 3.41. The molecule has 2 aliphatic rings. The van der Waals surface area contributed by atoms with E-state index in [0.717, 1.165) is 12.8 Å². The van der Waals surface area contributed by atoms with E-state index in [1.807, 2.05) is 0 Å². The van der Waals surface area contributed by atoms with Crippen molar-refractivity contribution in [3.8, 4) is 0 Å². The van der Waals surface area contributed by atoms with Gasteiger partial charge in [-0.05, 0) is 12.8 Å². The lowest BCUT2D eigenvalue weighted by Crippen LogP contribution is -2.36. The molecule has 0 aromatic rings. The molecular weight excluding hydrogens is 242 g/mol. The van der Waals surface area contributed by atoms with Gasteiger partial charge in [-0.3, -0.25) is 0 Å². The predicted molar refractivity (Wildman–Crippen MR) is 51.1 cm³/mol. The normalized spacial score (nSPS) is 39.0. The Labute approximate surface area is 90.6 Å². The molecule has 2 bridgehead atoms. The molecule has 1 nitrogen and oxygen atoms in total. The van der Waals surface area contributed by atoms with E-state index in [1.54, 1.807) is 0 Å². The standard InChI is InChI=1S/C7H6Cl4O/c8-5-3-1-2-4(12-3)7(10,11)6(5)9/h3-4H,1-2H2. The molecule has 0 spiro atoms. The fourth-order valence-corrected chi connectivity index (χ4v) is 2.71. The number of alkyl halides is 2. The zero-order valence-electron chi connectivity index (χ0n) is 5.99. The van der Waals surface area contributed by atoms with Gasteiger partial charge in [0.05, 0.1) is 22.3 Å². The van der Waals surface area contributed by atoms with Crippen molar-refractivity contribution in [3.63, 3.8) is 0 Å². The molecule has 5 heteroatoms. The van der Waals surface area contributed by atoms with Crippen molar-refractivity contribution in [2.45, 2.75) is 29.4 Å². The first kappa shape index (κ1) is 9.42. The second-order valence-corrected chi connectivity index (χ2v) is 5.15. The van der Waals surface area contributed by atoms with Crippen LogP contribution in [0.2, 0.25) is 0 Å². The Morgan fingerprint density at radius 1 is 1.25 bits per heavy atom. The lowest BCUT2D eigenvalue weighted by molar-refractivity contribution is 0.0547. The molecule has 1 fully saturated rings. The van der Waals surface area contributed by atoms with E-state index in [1.165, 1.54) is 0 Å². The van der Waals surface area contributed by atoms with Gasteiger partial charge in [-0.2, -0.15) is 0 Å². The molecular formula is C7H6Cl4O. The lowest BCUT2D eigenvalue weighted by Gasteiger charge is -2.31. The zero-order valence-corrected chi connectivity index (χ0v) is 9.01. The molecule has 2 unspecified atom stereocenters. The number of hydrogen-bond acceptors (Lipinski definition) is 1. The van der Waals surface area contributed by atoms with Crippen LogP contribution in [-0.2, 0) is 4.74 Å². The van der Waals surface area contributed by atoms with Crippen molar-refractivity contribution >= 4 is 46.4 Å². The molecule has 1 saturated heterocycles. The van der Waals surface area contributed by atoms with Gasteiger partial charge in [-0.15, -0.1) is 0 Å². The van der Waals surface area contributed by atoms with Crippen LogP contribution in [0.5, 0.6) is 0 Å². The maximum Gasteiger partial charge on any atom is 0.180 e. The smallest absolute Gasteiger partial charge is 0.180 e. The molecule has 12 heavy (non-hydrogen) atoms. The second-order valence-electron chi connectivity index (χ2n) is 2.98. The molecule has 0 saturated carbocycles. The van der Waals surface area contributed by atoms with Crippen molar-refractivity contribution < 1.29 is 4.74 Å². The van der Waals surface area contributed by atoms with Crippen LogP contribution in [0, 0.1) is 0 Å². The third-order valence-corrected chi connectivity index (χ3v) is 4.30. The number of halogens is 4. The Balaban J connectivity index is 2.44. The molecule has 2 aliphatic heterocycles. The minimum Gasteiger partial charge on any atom is -0.366 e. The van der Waals surface area contributed by atoms with Crippen LogP contribution >= 0.6 is 46.4 Å². The first-order chi connectivity index (χ1) is 5.53. The van der Waals surface area contributed by atoms with Crippen LogP contribution in [0.3, 0.4) is 0 Å². The van der Waals surface area contributed by atoms with E-state index in [9.17, 15) is 0 Å². The van der Waals surface area contributed by atoms with Gasteiger partial charge in [0.1, 0.15) is 0 Å². The third-order valence-electron chi connectivity index (χ3n) is 2.21. The minimum absolute atomic E-state index is 0.0882. The molecule has 2 heterocycles. The van der Waals surface area contributed by atoms with E-state index in [0.29, 0.717) is 10.1 Å². The molecule has 0 radical (unpaired) electrons. The summed E-state index contributed by atoms with van der Waals surface area (Å²) in [7, 11) is 0. The Morgan fingerprint density at radius 2 is 1.92 bits per heavy atom. The maximum absolute atomic E-state index is 5.98. The van der Waals surface area contributed by atoms with Gasteiger partial charge in [0.25, 0.3) is 0 Å². The molecule has 68 valence electrons. The van der Waals surface area contributed by atoms with Gasteiger partial charge in [0, 0.05) is 0 Å². The van der Waals surface area contributed by atoms with Crippen molar-refractivity contribution in [1.82, 2.24) is 0 Å². The highest BCUT2D eigenvalue weighted by atomic mass is 35.5. The Bertz CT molecular complexity index is 248. The molecule has 0 amide bonds. The van der Waals surface area contributed by atoms with Gasteiger partial charge in [0.15, 0.2) is 4.33 Å². The number of ether oxygens (including phenoxy) is 1. The number of hydrogen-bond donors (Lipinski definition) is 0. The SMILES string of the molecule is ClC1=C(Cl)C(Cl)(Cl)C2CCC1O2. The highest BCUT2D eigenvalue weighted by Gasteiger charge is 2.50. The highest BCUT2D eigenvalue weighted by molar-refractivity contribution is 6.58. The quantitative estimate of drug-likeness (QED) is 0.597. The summed E-state index contributed by atoms with van der Waals surface area (Å²) in [6.45, 7) is 0. The van der Waals surface area contributed by atoms with E-state index >= 15 is 0 Å². The van der Waals surface area contributed by atoms with E-state index in [4.69, 9.17) is 51.1 Å². The Morgan fingerprint density at radius 3 is 2.58 bits per heavy atom. The maximum atomic E-state index is 5.98. The molecule has 0 aliphatic carbocycles. The Hall–Kier alpha value is 0.860. The topological polar surface area (TPSA) is 9.23 Å². The minimum atomic E-state index is -1.15. The summed E-state index contributed by atoms with van der Waals surface area (Å²) in [6.07, 6.45) is 1.36. The summed E-state index contributed by atoms with van der Waals surface area (Å²) >= 11 is 23.7. The Kier molecular flexibility index (Phi) is 2.30. The summed E-state index contributed by atoms with van der Waals surface area (Å²) in [5.74, 6) is 0. The van der Waals surface area contributed by atoms with Crippen LogP contribution in [0.25, 0.3) is 0 Å².